The second-order valence-electron chi connectivity index (χ2n) is 5.19. The van der Waals surface area contributed by atoms with Gasteiger partial charge in [0.25, 0.3) is 5.95 Å². The summed E-state index contributed by atoms with van der Waals surface area (Å²) in [6.45, 7) is 5.61. The third kappa shape index (κ3) is 2.78. The minimum absolute atomic E-state index is 0.175. The van der Waals surface area contributed by atoms with Gasteiger partial charge >= 0.3 is 0 Å². The molecule has 0 atom stereocenters. The predicted octanol–water partition coefficient (Wildman–Crippen LogP) is 1.68. The highest BCUT2D eigenvalue weighted by Crippen LogP contribution is 2.24. The van der Waals surface area contributed by atoms with E-state index in [2.05, 4.69) is 20.4 Å². The fourth-order valence-corrected chi connectivity index (χ4v) is 2.19. The molecule has 3 rings (SSSR count). The topological polar surface area (TPSA) is 101 Å². The van der Waals surface area contributed by atoms with Gasteiger partial charge in [0.1, 0.15) is 0 Å². The molecule has 0 aliphatic rings. The Morgan fingerprint density at radius 3 is 2.48 bits per heavy atom. The van der Waals surface area contributed by atoms with Gasteiger partial charge in [0.05, 0.1) is 11.9 Å². The normalized spacial score (nSPS) is 11.4. The fraction of sp³-hybridized carbons (Fsp3) is 0.200. The maximum Gasteiger partial charge on any atom is 0.273 e. The van der Waals surface area contributed by atoms with Crippen molar-refractivity contribution in [3.8, 4) is 17.4 Å². The van der Waals surface area contributed by atoms with Gasteiger partial charge in [-0.25, -0.2) is 4.68 Å². The van der Waals surface area contributed by atoms with Crippen molar-refractivity contribution in [3.05, 3.63) is 47.0 Å². The van der Waals surface area contributed by atoms with E-state index in [9.17, 15) is 10.2 Å². The molecular formula is C15H16N6O2. The number of aromatic nitrogens is 5. The van der Waals surface area contributed by atoms with Gasteiger partial charge < -0.3 is 10.2 Å². The Hall–Kier alpha value is -3.16. The molecule has 0 saturated carbocycles. The highest BCUT2D eigenvalue weighted by molar-refractivity contribution is 5.80. The molecule has 0 radical (unpaired) electrons. The van der Waals surface area contributed by atoms with Crippen LogP contribution in [0.2, 0.25) is 0 Å². The molecule has 118 valence electrons. The van der Waals surface area contributed by atoms with Crippen molar-refractivity contribution in [2.24, 2.45) is 5.10 Å². The molecule has 23 heavy (non-hydrogen) atoms. The highest BCUT2D eigenvalue weighted by Gasteiger charge is 2.13. The molecule has 0 amide bonds. The minimum atomic E-state index is -0.201. The van der Waals surface area contributed by atoms with Gasteiger partial charge in [-0.2, -0.15) is 14.9 Å². The second kappa shape index (κ2) is 5.56. The first-order valence-electron chi connectivity index (χ1n) is 6.97. The van der Waals surface area contributed by atoms with Crippen molar-refractivity contribution in [1.29, 1.82) is 0 Å². The molecule has 3 aromatic rings. The number of aromatic hydroxyl groups is 2. The SMILES string of the molecule is Cc1cc(C)n(-c2nnc(C)n2/N=C/c2ccc(O)c(O)c2)n1. The molecule has 8 heteroatoms. The van der Waals surface area contributed by atoms with E-state index >= 15 is 0 Å². The van der Waals surface area contributed by atoms with E-state index in [1.807, 2.05) is 19.9 Å². The monoisotopic (exact) mass is 312 g/mol. The van der Waals surface area contributed by atoms with Gasteiger partial charge in [-0.05, 0) is 50.6 Å². The van der Waals surface area contributed by atoms with Crippen LogP contribution >= 0.6 is 0 Å². The van der Waals surface area contributed by atoms with E-state index in [1.165, 1.54) is 12.1 Å². The molecule has 0 aliphatic heterocycles. The predicted molar refractivity (Wildman–Crippen MR) is 84.1 cm³/mol. The highest BCUT2D eigenvalue weighted by atomic mass is 16.3. The smallest absolute Gasteiger partial charge is 0.273 e. The standard InChI is InChI=1S/C15H16N6O2/c1-9-6-10(2)20(19-9)15-18-17-11(3)21(15)16-8-12-4-5-13(22)14(23)7-12/h4-8,22-23H,1-3H3/b16-8+. The molecule has 0 unspecified atom stereocenters. The third-order valence-corrected chi connectivity index (χ3v) is 3.30. The zero-order valence-corrected chi connectivity index (χ0v) is 13.0. The van der Waals surface area contributed by atoms with Crippen LogP contribution in [0.15, 0.2) is 29.4 Å². The third-order valence-electron chi connectivity index (χ3n) is 3.30. The first-order valence-corrected chi connectivity index (χ1v) is 6.97. The molecule has 8 nitrogen and oxygen atoms in total. The number of aryl methyl sites for hydroxylation is 3. The number of hydrogen-bond donors (Lipinski definition) is 2. The van der Waals surface area contributed by atoms with Crippen LogP contribution in [0, 0.1) is 20.8 Å². The molecule has 0 fully saturated rings. The Balaban J connectivity index is 2.00. The lowest BCUT2D eigenvalue weighted by atomic mass is 10.2. The lowest BCUT2D eigenvalue weighted by Gasteiger charge is -2.04. The van der Waals surface area contributed by atoms with Crippen LogP contribution in [0.4, 0.5) is 0 Å². The van der Waals surface area contributed by atoms with Crippen LogP contribution in [0.5, 0.6) is 11.5 Å². The van der Waals surface area contributed by atoms with Crippen LogP contribution in [0.3, 0.4) is 0 Å². The summed E-state index contributed by atoms with van der Waals surface area (Å²) < 4.78 is 3.23. The van der Waals surface area contributed by atoms with Crippen LogP contribution in [-0.4, -0.2) is 41.1 Å². The van der Waals surface area contributed by atoms with Crippen LogP contribution < -0.4 is 0 Å². The molecule has 0 spiro atoms. The summed E-state index contributed by atoms with van der Waals surface area (Å²) >= 11 is 0. The maximum absolute atomic E-state index is 9.53. The average molecular weight is 312 g/mol. The fourth-order valence-electron chi connectivity index (χ4n) is 2.19. The van der Waals surface area contributed by atoms with Crippen LogP contribution in [-0.2, 0) is 0 Å². The Morgan fingerprint density at radius 1 is 1.04 bits per heavy atom. The molecule has 1 aromatic carbocycles. The number of phenolic OH excluding ortho intramolecular Hbond substituents is 2. The molecule has 0 saturated heterocycles. The van der Waals surface area contributed by atoms with E-state index in [-0.39, 0.29) is 11.5 Å². The number of benzene rings is 1. The summed E-state index contributed by atoms with van der Waals surface area (Å²) in [4.78, 5) is 0. The first-order chi connectivity index (χ1) is 11.0. The van der Waals surface area contributed by atoms with Crippen molar-refractivity contribution in [2.45, 2.75) is 20.8 Å². The van der Waals surface area contributed by atoms with Gasteiger partial charge in [0, 0.05) is 5.69 Å². The average Bonchev–Trinajstić information content (AvgIpc) is 3.02. The largest absolute Gasteiger partial charge is 0.504 e. The van der Waals surface area contributed by atoms with Crippen LogP contribution in [0.1, 0.15) is 22.8 Å². The summed E-state index contributed by atoms with van der Waals surface area (Å²) in [5.74, 6) is 0.707. The molecular weight excluding hydrogens is 296 g/mol. The number of nitrogens with zero attached hydrogens (tertiary/aromatic N) is 6. The molecule has 2 aromatic heterocycles. The molecule has 2 N–H and O–H groups in total. The lowest BCUT2D eigenvalue weighted by molar-refractivity contribution is 0.403. The molecule has 0 bridgehead atoms. The second-order valence-corrected chi connectivity index (χ2v) is 5.19. The van der Waals surface area contributed by atoms with E-state index in [0.29, 0.717) is 17.3 Å². The Labute approximate surface area is 132 Å². The van der Waals surface area contributed by atoms with Crippen molar-refractivity contribution in [1.82, 2.24) is 24.7 Å². The van der Waals surface area contributed by atoms with Crippen molar-refractivity contribution in [2.75, 3.05) is 0 Å². The summed E-state index contributed by atoms with van der Waals surface area (Å²) in [6.07, 6.45) is 1.55. The Morgan fingerprint density at radius 2 is 1.83 bits per heavy atom. The molecule has 0 aliphatic carbocycles. The minimum Gasteiger partial charge on any atom is -0.504 e. The van der Waals surface area contributed by atoms with Crippen molar-refractivity contribution >= 4 is 6.21 Å². The van der Waals surface area contributed by atoms with E-state index in [1.54, 1.807) is 28.6 Å². The zero-order chi connectivity index (χ0) is 16.6. The van der Waals surface area contributed by atoms with Gasteiger partial charge in [0.2, 0.25) is 0 Å². The quantitative estimate of drug-likeness (QED) is 0.566. The van der Waals surface area contributed by atoms with Gasteiger partial charge in [-0.1, -0.05) is 0 Å². The van der Waals surface area contributed by atoms with Crippen molar-refractivity contribution in [3.63, 3.8) is 0 Å². The van der Waals surface area contributed by atoms with Gasteiger partial charge in [-0.15, -0.1) is 10.2 Å². The summed E-state index contributed by atoms with van der Waals surface area (Å²) in [6, 6.07) is 6.40. The van der Waals surface area contributed by atoms with E-state index in [0.717, 1.165) is 11.4 Å². The molecule has 2 heterocycles. The van der Waals surface area contributed by atoms with E-state index < -0.39 is 0 Å². The maximum atomic E-state index is 9.53. The lowest BCUT2D eigenvalue weighted by Crippen LogP contribution is -2.07. The number of phenols is 2. The van der Waals surface area contributed by atoms with Gasteiger partial charge in [-0.3, -0.25) is 0 Å². The first kappa shape index (κ1) is 14.8. The summed E-state index contributed by atoms with van der Waals surface area (Å²) in [5.41, 5.74) is 2.43. The Bertz CT molecular complexity index is 894. The van der Waals surface area contributed by atoms with Crippen molar-refractivity contribution < 1.29 is 10.2 Å². The van der Waals surface area contributed by atoms with E-state index in [4.69, 9.17) is 0 Å². The summed E-state index contributed by atoms with van der Waals surface area (Å²) in [5, 5.41) is 35.7. The zero-order valence-electron chi connectivity index (χ0n) is 13.0. The number of rotatable bonds is 3. The van der Waals surface area contributed by atoms with Crippen LogP contribution in [0.25, 0.3) is 5.95 Å². The number of hydrogen-bond acceptors (Lipinski definition) is 6. The Kier molecular flexibility index (Phi) is 3.57. The summed E-state index contributed by atoms with van der Waals surface area (Å²) in [7, 11) is 0. The van der Waals surface area contributed by atoms with Gasteiger partial charge in [0.15, 0.2) is 17.3 Å².